The number of halogens is 2. The second-order valence-corrected chi connectivity index (χ2v) is 4.68. The molecule has 0 aliphatic rings. The van der Waals surface area contributed by atoms with Crippen molar-refractivity contribution >= 4 is 39.1 Å². The van der Waals surface area contributed by atoms with Gasteiger partial charge in [0.1, 0.15) is 5.69 Å². The van der Waals surface area contributed by atoms with Gasteiger partial charge in [-0.3, -0.25) is 4.79 Å². The topological polar surface area (TPSA) is 46.9 Å². The van der Waals surface area contributed by atoms with Gasteiger partial charge in [-0.15, -0.1) is 0 Å². The fraction of sp³-hybridized carbons (Fsp3) is 0.0909. The van der Waals surface area contributed by atoms with Crippen molar-refractivity contribution in [2.45, 2.75) is 0 Å². The summed E-state index contributed by atoms with van der Waals surface area (Å²) in [5.74, 6) is -0.270. The molecule has 0 saturated heterocycles. The average molecular weight is 315 g/mol. The lowest BCUT2D eigenvalue weighted by Crippen LogP contribution is -2.12. The molecule has 17 heavy (non-hydrogen) atoms. The Kier molecular flexibility index (Phi) is 3.49. The molecule has 0 saturated carbocycles. The number of benzene rings is 1. The fourth-order valence-electron chi connectivity index (χ4n) is 1.32. The average Bonchev–Trinajstić information content (AvgIpc) is 2.72. The SMILES string of the molecule is Cn1cnc(C(=O)Nc2cccc(Cl)c2Br)c1. The molecule has 88 valence electrons. The second-order valence-electron chi connectivity index (χ2n) is 3.48. The summed E-state index contributed by atoms with van der Waals surface area (Å²) in [7, 11) is 1.80. The Balaban J connectivity index is 2.21. The summed E-state index contributed by atoms with van der Waals surface area (Å²) >= 11 is 9.24. The van der Waals surface area contributed by atoms with Gasteiger partial charge in [0, 0.05) is 13.2 Å². The first kappa shape index (κ1) is 12.1. The van der Waals surface area contributed by atoms with Crippen LogP contribution < -0.4 is 5.32 Å². The number of nitrogens with one attached hydrogen (secondary N) is 1. The summed E-state index contributed by atoms with van der Waals surface area (Å²) in [6.45, 7) is 0. The molecular weight excluding hydrogens is 305 g/mol. The van der Waals surface area contributed by atoms with Crippen molar-refractivity contribution in [2.75, 3.05) is 5.32 Å². The minimum atomic E-state index is -0.270. The first-order valence-corrected chi connectivity index (χ1v) is 5.98. The van der Waals surface area contributed by atoms with Gasteiger partial charge in [-0.1, -0.05) is 17.7 Å². The highest BCUT2D eigenvalue weighted by Crippen LogP contribution is 2.30. The van der Waals surface area contributed by atoms with E-state index >= 15 is 0 Å². The number of aromatic nitrogens is 2. The summed E-state index contributed by atoms with van der Waals surface area (Å²) in [5, 5.41) is 3.28. The zero-order valence-electron chi connectivity index (χ0n) is 8.95. The van der Waals surface area contributed by atoms with Crippen LogP contribution in [0.15, 0.2) is 35.2 Å². The van der Waals surface area contributed by atoms with Gasteiger partial charge >= 0.3 is 0 Å². The van der Waals surface area contributed by atoms with E-state index in [0.29, 0.717) is 20.9 Å². The third-order valence-corrected chi connectivity index (χ3v) is 3.53. The molecule has 1 aromatic heterocycles. The molecule has 1 aromatic carbocycles. The van der Waals surface area contributed by atoms with E-state index in [1.54, 1.807) is 42.3 Å². The molecule has 1 N–H and O–H groups in total. The third-order valence-electron chi connectivity index (χ3n) is 2.14. The molecule has 0 unspecified atom stereocenters. The van der Waals surface area contributed by atoms with E-state index in [2.05, 4.69) is 26.2 Å². The van der Waals surface area contributed by atoms with E-state index in [1.807, 2.05) is 0 Å². The van der Waals surface area contributed by atoms with Gasteiger partial charge in [0.05, 0.1) is 21.5 Å². The quantitative estimate of drug-likeness (QED) is 0.926. The number of nitrogens with zero attached hydrogens (tertiary/aromatic N) is 2. The number of hydrogen-bond acceptors (Lipinski definition) is 2. The molecule has 1 heterocycles. The van der Waals surface area contributed by atoms with E-state index < -0.39 is 0 Å². The Morgan fingerprint density at radius 2 is 2.29 bits per heavy atom. The van der Waals surface area contributed by atoms with Crippen LogP contribution in [0, 0.1) is 0 Å². The van der Waals surface area contributed by atoms with Gasteiger partial charge in [0.25, 0.3) is 5.91 Å². The number of amides is 1. The number of anilines is 1. The van der Waals surface area contributed by atoms with E-state index in [4.69, 9.17) is 11.6 Å². The van der Waals surface area contributed by atoms with Gasteiger partial charge in [0.2, 0.25) is 0 Å². The number of carbonyl (C=O) groups excluding carboxylic acids is 1. The molecule has 1 amide bonds. The van der Waals surface area contributed by atoms with Crippen LogP contribution in [0.2, 0.25) is 5.02 Å². The minimum Gasteiger partial charge on any atom is -0.340 e. The van der Waals surface area contributed by atoms with Crippen molar-refractivity contribution in [2.24, 2.45) is 7.05 Å². The Labute approximate surface area is 112 Å². The Morgan fingerprint density at radius 3 is 2.94 bits per heavy atom. The molecule has 0 aliphatic heterocycles. The van der Waals surface area contributed by atoms with Crippen molar-refractivity contribution in [1.82, 2.24) is 9.55 Å². The Morgan fingerprint density at radius 1 is 1.53 bits per heavy atom. The molecular formula is C11H9BrClN3O. The van der Waals surface area contributed by atoms with Crippen LogP contribution in [0.5, 0.6) is 0 Å². The van der Waals surface area contributed by atoms with E-state index in [1.165, 1.54) is 0 Å². The molecule has 0 atom stereocenters. The molecule has 0 aliphatic carbocycles. The predicted molar refractivity (Wildman–Crippen MR) is 70.3 cm³/mol. The molecule has 0 bridgehead atoms. The van der Waals surface area contributed by atoms with Gasteiger partial charge < -0.3 is 9.88 Å². The van der Waals surface area contributed by atoms with Crippen molar-refractivity contribution in [3.05, 3.63) is 45.9 Å². The highest BCUT2D eigenvalue weighted by Gasteiger charge is 2.11. The van der Waals surface area contributed by atoms with Gasteiger partial charge in [0.15, 0.2) is 0 Å². The zero-order valence-corrected chi connectivity index (χ0v) is 11.3. The number of carbonyl (C=O) groups is 1. The van der Waals surface area contributed by atoms with Gasteiger partial charge in [-0.25, -0.2) is 4.98 Å². The first-order chi connectivity index (χ1) is 8.08. The lowest BCUT2D eigenvalue weighted by Gasteiger charge is -2.06. The van der Waals surface area contributed by atoms with Crippen LogP contribution in [0.25, 0.3) is 0 Å². The first-order valence-electron chi connectivity index (χ1n) is 4.81. The maximum atomic E-state index is 11.8. The summed E-state index contributed by atoms with van der Waals surface area (Å²) < 4.78 is 2.37. The van der Waals surface area contributed by atoms with Crippen LogP contribution in [0.4, 0.5) is 5.69 Å². The molecule has 0 radical (unpaired) electrons. The van der Waals surface area contributed by atoms with E-state index in [-0.39, 0.29) is 5.91 Å². The third kappa shape index (κ3) is 2.68. The molecule has 4 nitrogen and oxygen atoms in total. The fourth-order valence-corrected chi connectivity index (χ4v) is 1.85. The van der Waals surface area contributed by atoms with Crippen LogP contribution in [0.1, 0.15) is 10.5 Å². The largest absolute Gasteiger partial charge is 0.340 e. The summed E-state index contributed by atoms with van der Waals surface area (Å²) in [4.78, 5) is 15.8. The lowest BCUT2D eigenvalue weighted by atomic mass is 10.3. The lowest BCUT2D eigenvalue weighted by molar-refractivity contribution is 0.102. The standard InChI is InChI=1S/C11H9BrClN3O/c1-16-5-9(14-6-16)11(17)15-8-4-2-3-7(13)10(8)12/h2-6H,1H3,(H,15,17). The predicted octanol–water partition coefficient (Wildman–Crippen LogP) is 3.09. The molecule has 2 rings (SSSR count). The van der Waals surface area contributed by atoms with Crippen LogP contribution in [0.3, 0.4) is 0 Å². The Bertz CT molecular complexity index is 568. The second kappa shape index (κ2) is 4.89. The van der Waals surface area contributed by atoms with Crippen LogP contribution in [-0.2, 0) is 7.05 Å². The van der Waals surface area contributed by atoms with E-state index in [9.17, 15) is 4.79 Å². The summed E-state index contributed by atoms with van der Waals surface area (Å²) in [5.41, 5.74) is 0.979. The molecule has 6 heteroatoms. The van der Waals surface area contributed by atoms with E-state index in [0.717, 1.165) is 0 Å². The van der Waals surface area contributed by atoms with Crippen LogP contribution >= 0.6 is 27.5 Å². The highest BCUT2D eigenvalue weighted by molar-refractivity contribution is 9.10. The molecule has 0 spiro atoms. The summed E-state index contributed by atoms with van der Waals surface area (Å²) in [6, 6.07) is 5.26. The van der Waals surface area contributed by atoms with Crippen molar-refractivity contribution in [3.63, 3.8) is 0 Å². The van der Waals surface area contributed by atoms with Crippen molar-refractivity contribution < 1.29 is 4.79 Å². The number of imidazole rings is 1. The number of aryl methyl sites for hydroxylation is 1. The molecule has 2 aromatic rings. The van der Waals surface area contributed by atoms with Crippen molar-refractivity contribution in [3.8, 4) is 0 Å². The maximum Gasteiger partial charge on any atom is 0.275 e. The molecule has 0 fully saturated rings. The van der Waals surface area contributed by atoms with Gasteiger partial charge in [-0.05, 0) is 28.1 Å². The van der Waals surface area contributed by atoms with Gasteiger partial charge in [-0.2, -0.15) is 0 Å². The number of rotatable bonds is 2. The maximum absolute atomic E-state index is 11.8. The number of hydrogen-bond donors (Lipinski definition) is 1. The Hall–Kier alpha value is -1.33. The summed E-state index contributed by atoms with van der Waals surface area (Å²) in [6.07, 6.45) is 3.22. The highest BCUT2D eigenvalue weighted by atomic mass is 79.9. The smallest absolute Gasteiger partial charge is 0.275 e. The zero-order chi connectivity index (χ0) is 12.4. The van der Waals surface area contributed by atoms with Crippen molar-refractivity contribution in [1.29, 1.82) is 0 Å². The monoisotopic (exact) mass is 313 g/mol. The minimum absolute atomic E-state index is 0.270. The van der Waals surface area contributed by atoms with Crippen LogP contribution in [-0.4, -0.2) is 15.5 Å². The normalized spacial score (nSPS) is 10.3.